The number of fused-ring (bicyclic) bond motifs is 2. The Morgan fingerprint density at radius 2 is 1.03 bits per heavy atom. The van der Waals surface area contributed by atoms with Gasteiger partial charge < -0.3 is 9.47 Å². The topological polar surface area (TPSA) is 173 Å². The molecule has 4 atom stereocenters. The Balaban J connectivity index is 1.34. The van der Waals surface area contributed by atoms with Crippen molar-refractivity contribution in [2.24, 2.45) is 23.7 Å². The van der Waals surface area contributed by atoms with Crippen LogP contribution in [0.5, 0.6) is 0 Å². The molecule has 2 fully saturated rings. The quantitative estimate of drug-likeness (QED) is 0.200. The summed E-state index contributed by atoms with van der Waals surface area (Å²) in [7, 11) is 0. The van der Waals surface area contributed by atoms with Gasteiger partial charge in [-0.05, 0) is 55.4 Å². The van der Waals surface area contributed by atoms with Gasteiger partial charge in [0.25, 0.3) is 11.4 Å². The summed E-state index contributed by atoms with van der Waals surface area (Å²) in [4.78, 5) is 70.8. The fraction of sp³-hybridized carbons (Fsp3) is 0.360. The number of rotatable bonds is 10. The smallest absolute Gasteiger partial charge is 0.310 e. The molecule has 12 heteroatoms. The maximum Gasteiger partial charge on any atom is 0.310 e. The molecule has 0 radical (unpaired) electrons. The van der Waals surface area contributed by atoms with Gasteiger partial charge in [-0.15, -0.1) is 0 Å². The maximum absolute atomic E-state index is 12.9. The van der Waals surface area contributed by atoms with Crippen molar-refractivity contribution in [2.45, 2.75) is 19.3 Å². The number of esters is 2. The Morgan fingerprint density at radius 1 is 0.676 bits per heavy atom. The molecule has 2 bridgehead atoms. The number of nitro groups is 2. The molecule has 0 aromatic heterocycles. The van der Waals surface area contributed by atoms with Crippen LogP contribution in [0.15, 0.2) is 48.5 Å². The zero-order valence-electron chi connectivity index (χ0n) is 19.4. The highest BCUT2D eigenvalue weighted by Crippen LogP contribution is 2.53. The van der Waals surface area contributed by atoms with Crippen LogP contribution in [0.3, 0.4) is 0 Å². The average Bonchev–Trinajstić information content (AvgIpc) is 3.52. The molecule has 0 saturated heterocycles. The van der Waals surface area contributed by atoms with E-state index in [0.29, 0.717) is 6.42 Å². The molecule has 2 aliphatic carbocycles. The molecular weight excluding hydrogens is 488 g/mol. The van der Waals surface area contributed by atoms with Gasteiger partial charge in [0.15, 0.2) is 24.8 Å². The first kappa shape index (κ1) is 25.6. The highest BCUT2D eigenvalue weighted by molar-refractivity contribution is 5.99. The Bertz CT molecular complexity index is 1160. The van der Waals surface area contributed by atoms with Crippen LogP contribution in [0.1, 0.15) is 40.0 Å². The van der Waals surface area contributed by atoms with E-state index in [-0.39, 0.29) is 34.3 Å². The molecule has 2 aromatic carbocycles. The molecule has 0 N–H and O–H groups in total. The van der Waals surface area contributed by atoms with Crippen molar-refractivity contribution in [3.63, 3.8) is 0 Å². The van der Waals surface area contributed by atoms with Crippen LogP contribution in [0, 0.1) is 43.9 Å². The largest absolute Gasteiger partial charge is 0.457 e. The Hall–Kier alpha value is -4.48. The van der Waals surface area contributed by atoms with E-state index in [1.165, 1.54) is 48.5 Å². The lowest BCUT2D eigenvalue weighted by atomic mass is 9.79. The molecule has 12 nitrogen and oxygen atoms in total. The predicted molar refractivity (Wildman–Crippen MR) is 125 cm³/mol. The number of ether oxygens (including phenoxy) is 2. The molecule has 37 heavy (non-hydrogen) atoms. The van der Waals surface area contributed by atoms with Gasteiger partial charge in [-0.25, -0.2) is 0 Å². The second-order valence-electron chi connectivity index (χ2n) is 9.05. The maximum atomic E-state index is 12.9. The fourth-order valence-corrected chi connectivity index (χ4v) is 5.14. The van der Waals surface area contributed by atoms with Crippen LogP contribution in [0.25, 0.3) is 0 Å². The Morgan fingerprint density at radius 3 is 1.35 bits per heavy atom. The number of ketones is 2. The van der Waals surface area contributed by atoms with E-state index < -0.39 is 58.4 Å². The standard InChI is InChI=1S/C25H22N2O10/c28-20(14-3-7-18(8-4-14)26(32)33)12-36-24(30)22-16-1-2-17(11-16)23(22)25(31)37-13-21(29)15-5-9-19(10-6-15)27(34)35/h3-10,16-17,22-23H,1-2,11-13H2/t16-,17-,22+,23+/m0/s1. The lowest BCUT2D eigenvalue weighted by Crippen LogP contribution is -2.38. The minimum atomic E-state index is -0.801. The summed E-state index contributed by atoms with van der Waals surface area (Å²) in [6, 6.07) is 9.79. The van der Waals surface area contributed by atoms with Crippen LogP contribution in [0.2, 0.25) is 0 Å². The van der Waals surface area contributed by atoms with Gasteiger partial charge in [-0.1, -0.05) is 0 Å². The highest BCUT2D eigenvalue weighted by Gasteiger charge is 2.55. The third-order valence-electron chi connectivity index (χ3n) is 6.95. The van der Waals surface area contributed by atoms with Crippen LogP contribution >= 0.6 is 0 Å². The first-order valence-electron chi connectivity index (χ1n) is 11.5. The van der Waals surface area contributed by atoms with Crippen LogP contribution in [-0.4, -0.2) is 46.6 Å². The van der Waals surface area contributed by atoms with Crippen LogP contribution in [0.4, 0.5) is 11.4 Å². The number of carbonyl (C=O) groups is 4. The van der Waals surface area contributed by atoms with E-state index in [1.54, 1.807) is 0 Å². The summed E-state index contributed by atoms with van der Waals surface area (Å²) in [6.45, 7) is -1.16. The molecule has 0 heterocycles. The van der Waals surface area contributed by atoms with E-state index in [9.17, 15) is 39.4 Å². The van der Waals surface area contributed by atoms with E-state index in [0.717, 1.165) is 12.8 Å². The fourth-order valence-electron chi connectivity index (χ4n) is 5.14. The normalized spacial score (nSPS) is 21.7. The van der Waals surface area contributed by atoms with Gasteiger partial charge in [0.1, 0.15) is 0 Å². The summed E-state index contributed by atoms with van der Waals surface area (Å²) in [6.07, 6.45) is 2.09. The molecule has 2 aliphatic rings. The summed E-state index contributed by atoms with van der Waals surface area (Å²) >= 11 is 0. The SMILES string of the molecule is O=C(COC(=O)[C@@H]1[C@H]2CC[C@@H](C2)[C@H]1C(=O)OCC(=O)c1ccc([N+](=O)[O-])cc1)c1ccc([N+](=O)[O-])cc1. The third-order valence-corrected chi connectivity index (χ3v) is 6.95. The van der Waals surface area contributed by atoms with Gasteiger partial charge in [-0.2, -0.15) is 0 Å². The molecule has 192 valence electrons. The van der Waals surface area contributed by atoms with Crippen molar-refractivity contribution in [1.82, 2.24) is 0 Å². The monoisotopic (exact) mass is 510 g/mol. The zero-order valence-corrected chi connectivity index (χ0v) is 19.4. The lowest BCUT2D eigenvalue weighted by molar-refractivity contribution is -0.385. The number of non-ortho nitro benzene ring substituents is 2. The number of hydrogen-bond acceptors (Lipinski definition) is 10. The predicted octanol–water partition coefficient (Wildman–Crippen LogP) is 3.32. The summed E-state index contributed by atoms with van der Waals surface area (Å²) < 4.78 is 10.5. The van der Waals surface area contributed by atoms with Crippen molar-refractivity contribution >= 4 is 34.9 Å². The Kier molecular flexibility index (Phi) is 7.37. The van der Waals surface area contributed by atoms with Crippen LogP contribution < -0.4 is 0 Å². The molecule has 4 rings (SSSR count). The van der Waals surface area contributed by atoms with Gasteiger partial charge in [0.05, 0.1) is 21.7 Å². The van der Waals surface area contributed by atoms with Crippen LogP contribution in [-0.2, 0) is 19.1 Å². The van der Waals surface area contributed by atoms with Crippen molar-refractivity contribution in [1.29, 1.82) is 0 Å². The summed E-state index contributed by atoms with van der Waals surface area (Å²) in [5.74, 6) is -4.30. The van der Waals surface area contributed by atoms with Crippen molar-refractivity contribution in [2.75, 3.05) is 13.2 Å². The summed E-state index contributed by atoms with van der Waals surface area (Å²) in [5, 5.41) is 21.5. The number of hydrogen-bond donors (Lipinski definition) is 0. The number of nitrogens with zero attached hydrogens (tertiary/aromatic N) is 2. The molecule has 0 aliphatic heterocycles. The molecule has 0 spiro atoms. The minimum Gasteiger partial charge on any atom is -0.457 e. The third kappa shape index (κ3) is 5.52. The van der Waals surface area contributed by atoms with Crippen molar-refractivity contribution in [3.8, 4) is 0 Å². The second kappa shape index (κ2) is 10.6. The average molecular weight is 510 g/mol. The van der Waals surface area contributed by atoms with E-state index in [4.69, 9.17) is 9.47 Å². The van der Waals surface area contributed by atoms with E-state index in [2.05, 4.69) is 0 Å². The van der Waals surface area contributed by atoms with Gasteiger partial charge in [0, 0.05) is 35.4 Å². The van der Waals surface area contributed by atoms with E-state index in [1.807, 2.05) is 0 Å². The molecule has 2 aromatic rings. The molecule has 2 saturated carbocycles. The first-order valence-corrected chi connectivity index (χ1v) is 11.5. The second-order valence-corrected chi connectivity index (χ2v) is 9.05. The van der Waals surface area contributed by atoms with Crippen molar-refractivity contribution < 1.29 is 38.5 Å². The summed E-state index contributed by atoms with van der Waals surface area (Å²) in [5.41, 5.74) is -0.0630. The van der Waals surface area contributed by atoms with Gasteiger partial charge >= 0.3 is 11.9 Å². The lowest BCUT2D eigenvalue weighted by Gasteiger charge is -2.27. The minimum absolute atomic E-state index is 0.102. The number of benzene rings is 2. The van der Waals surface area contributed by atoms with Gasteiger partial charge in [0.2, 0.25) is 0 Å². The van der Waals surface area contributed by atoms with E-state index >= 15 is 0 Å². The van der Waals surface area contributed by atoms with Crippen molar-refractivity contribution in [3.05, 3.63) is 79.9 Å². The number of Topliss-reactive ketones (excluding diaryl/α,β-unsaturated/α-hetero) is 2. The molecular formula is C25H22N2O10. The zero-order chi connectivity index (χ0) is 26.7. The first-order chi connectivity index (χ1) is 17.7. The van der Waals surface area contributed by atoms with Gasteiger partial charge in [-0.3, -0.25) is 39.4 Å². The number of nitro benzene ring substituents is 2. The highest BCUT2D eigenvalue weighted by atomic mass is 16.6. The Labute approximate surface area is 209 Å². The molecule has 0 unspecified atom stereocenters. The molecule has 0 amide bonds. The number of carbonyl (C=O) groups excluding carboxylic acids is 4.